The molecule has 3 heterocycles. The fraction of sp³-hybridized carbons (Fsp3) is 0.276. The normalized spacial score (nSPS) is 15.3. The predicted octanol–water partition coefficient (Wildman–Crippen LogP) is 4.39. The molecule has 0 saturated carbocycles. The quantitative estimate of drug-likeness (QED) is 0.210. The summed E-state index contributed by atoms with van der Waals surface area (Å²) in [5, 5.41) is 17.4. The minimum atomic E-state index is -0.863. The maximum atomic E-state index is 13.4. The van der Waals surface area contributed by atoms with Gasteiger partial charge in [-0.15, -0.1) is 5.10 Å². The Morgan fingerprint density at radius 2 is 1.96 bits per heavy atom. The zero-order valence-electron chi connectivity index (χ0n) is 24.2. The lowest BCUT2D eigenvalue weighted by molar-refractivity contribution is -0.140. The first kappa shape index (κ1) is 31.6. The van der Waals surface area contributed by atoms with Gasteiger partial charge in [0.25, 0.3) is 0 Å². The lowest BCUT2D eigenvalue weighted by Gasteiger charge is -2.25. The molecular weight excluding hydrogens is 625 g/mol. The van der Waals surface area contributed by atoms with Crippen molar-refractivity contribution >= 4 is 52.9 Å². The van der Waals surface area contributed by atoms with Gasteiger partial charge in [0.2, 0.25) is 11.8 Å². The summed E-state index contributed by atoms with van der Waals surface area (Å²) < 4.78 is 11.5. The van der Waals surface area contributed by atoms with Gasteiger partial charge < -0.3 is 24.7 Å². The van der Waals surface area contributed by atoms with Crippen molar-refractivity contribution in [3.05, 3.63) is 76.4 Å². The van der Waals surface area contributed by atoms with Crippen molar-refractivity contribution in [2.45, 2.75) is 31.5 Å². The number of hydrogen-bond acceptors (Lipinski definition) is 9. The molecule has 0 bridgehead atoms. The van der Waals surface area contributed by atoms with E-state index in [0.29, 0.717) is 39.8 Å². The smallest absolute Gasteiger partial charge is 0.411 e. The Kier molecular flexibility index (Phi) is 10.1. The SMILES string of the molecule is COC(=O)Nc1ccc(-c2nc([C@H](CC(=O)N3CCC[C@H]3OC)NC(=O)/C=C/c3cc(Cl)ccc3-n3cnnn3)[nH]c2Cl)cc1. The summed E-state index contributed by atoms with van der Waals surface area (Å²) in [6.45, 7) is 0.544. The zero-order chi connectivity index (χ0) is 31.9. The molecular formula is C29H29Cl2N9O5. The Balaban J connectivity index is 1.40. The van der Waals surface area contributed by atoms with Crippen LogP contribution in [0.3, 0.4) is 0 Å². The highest BCUT2D eigenvalue weighted by Crippen LogP contribution is 2.30. The summed E-state index contributed by atoms with van der Waals surface area (Å²) in [4.78, 5) is 47.5. The van der Waals surface area contributed by atoms with Crippen molar-refractivity contribution in [1.82, 2.24) is 40.4 Å². The zero-order valence-corrected chi connectivity index (χ0v) is 25.7. The lowest BCUT2D eigenvalue weighted by Crippen LogP contribution is -2.39. The number of anilines is 1. The van der Waals surface area contributed by atoms with Crippen LogP contribution in [-0.2, 0) is 19.1 Å². The average molecular weight is 655 g/mol. The molecule has 1 saturated heterocycles. The number of nitrogens with one attached hydrogen (secondary N) is 3. The number of methoxy groups -OCH3 is 2. The number of halogens is 2. The molecule has 2 aromatic heterocycles. The molecule has 1 aliphatic rings. The summed E-state index contributed by atoms with van der Waals surface area (Å²) in [5.74, 6) is -0.420. The van der Waals surface area contributed by atoms with Crippen molar-refractivity contribution < 1.29 is 23.9 Å². The van der Waals surface area contributed by atoms with Gasteiger partial charge in [-0.3, -0.25) is 14.9 Å². The van der Waals surface area contributed by atoms with Crippen LogP contribution in [0, 0.1) is 0 Å². The van der Waals surface area contributed by atoms with Gasteiger partial charge in [0.15, 0.2) is 0 Å². The van der Waals surface area contributed by atoms with E-state index in [1.807, 2.05) is 0 Å². The molecule has 0 unspecified atom stereocenters. The number of benzene rings is 2. The number of hydrogen-bond donors (Lipinski definition) is 3. The summed E-state index contributed by atoms with van der Waals surface area (Å²) >= 11 is 12.8. The number of imidazole rings is 1. The molecule has 16 heteroatoms. The van der Waals surface area contributed by atoms with E-state index >= 15 is 0 Å². The van der Waals surface area contributed by atoms with Gasteiger partial charge in [-0.25, -0.2) is 9.78 Å². The maximum Gasteiger partial charge on any atom is 0.411 e. The summed E-state index contributed by atoms with van der Waals surface area (Å²) in [5.41, 5.74) is 2.76. The number of H-pyrrole nitrogens is 1. The number of rotatable bonds is 10. The van der Waals surface area contributed by atoms with Crippen LogP contribution < -0.4 is 10.6 Å². The van der Waals surface area contributed by atoms with E-state index in [9.17, 15) is 14.4 Å². The lowest BCUT2D eigenvalue weighted by atomic mass is 10.1. The first-order valence-electron chi connectivity index (χ1n) is 13.8. The van der Waals surface area contributed by atoms with Crippen molar-refractivity contribution in [3.63, 3.8) is 0 Å². The van der Waals surface area contributed by atoms with E-state index in [2.05, 4.69) is 40.9 Å². The highest BCUT2D eigenvalue weighted by molar-refractivity contribution is 6.32. The summed E-state index contributed by atoms with van der Waals surface area (Å²) in [6, 6.07) is 11.0. The predicted molar refractivity (Wildman–Crippen MR) is 166 cm³/mol. The molecule has 3 N–H and O–H groups in total. The highest BCUT2D eigenvalue weighted by Gasteiger charge is 2.32. The number of aromatic nitrogens is 6. The van der Waals surface area contributed by atoms with E-state index in [-0.39, 0.29) is 29.5 Å². The molecule has 0 radical (unpaired) electrons. The second-order valence-electron chi connectivity index (χ2n) is 9.95. The van der Waals surface area contributed by atoms with Crippen LogP contribution in [0.25, 0.3) is 23.0 Å². The van der Waals surface area contributed by atoms with Gasteiger partial charge in [-0.1, -0.05) is 35.3 Å². The molecule has 2 atom stereocenters. The Labute approximate surface area is 267 Å². The number of ether oxygens (including phenoxy) is 2. The number of carbonyl (C=O) groups is 3. The molecule has 0 aliphatic carbocycles. The Hall–Kier alpha value is -4.79. The molecule has 5 rings (SSSR count). The fourth-order valence-corrected chi connectivity index (χ4v) is 5.33. The van der Waals surface area contributed by atoms with Crippen LogP contribution >= 0.6 is 23.2 Å². The van der Waals surface area contributed by atoms with Crippen LogP contribution in [-0.4, -0.2) is 80.0 Å². The number of nitrogens with zero attached hydrogens (tertiary/aromatic N) is 6. The van der Waals surface area contributed by atoms with E-state index in [1.165, 1.54) is 24.2 Å². The fourth-order valence-electron chi connectivity index (χ4n) is 4.90. The minimum absolute atomic E-state index is 0.0995. The van der Waals surface area contributed by atoms with Gasteiger partial charge in [0.05, 0.1) is 25.3 Å². The molecule has 234 valence electrons. The van der Waals surface area contributed by atoms with Crippen molar-refractivity contribution in [1.29, 1.82) is 0 Å². The molecule has 4 aromatic rings. The molecule has 1 fully saturated rings. The van der Waals surface area contributed by atoms with Crippen LogP contribution in [0.4, 0.5) is 10.5 Å². The molecule has 14 nitrogen and oxygen atoms in total. The first-order chi connectivity index (χ1) is 21.7. The Morgan fingerprint density at radius 1 is 1.16 bits per heavy atom. The van der Waals surface area contributed by atoms with Crippen molar-refractivity contribution in [3.8, 4) is 16.9 Å². The van der Waals surface area contributed by atoms with Crippen molar-refractivity contribution in [2.75, 3.05) is 26.1 Å². The molecule has 0 spiro atoms. The minimum Gasteiger partial charge on any atom is -0.453 e. The van der Waals surface area contributed by atoms with E-state index in [1.54, 1.807) is 60.6 Å². The summed E-state index contributed by atoms with van der Waals surface area (Å²) in [6.07, 6.45) is 4.82. The van der Waals surface area contributed by atoms with E-state index in [4.69, 9.17) is 27.9 Å². The average Bonchev–Trinajstić information content (AvgIpc) is 3.82. The standard InChI is InChI=1S/C29H29Cl2N9O5/c1-44-25-4-3-13-39(25)24(42)15-21(28-35-26(27(31)36-28)17-5-9-20(10-6-17)33-29(43)45-2)34-23(41)12-7-18-14-19(30)8-11-22(18)40-16-32-37-38-40/h5-12,14,16,21,25H,3-4,13,15H2,1-2H3,(H,33,43)(H,34,41)(H,35,36)/b12-7+/t21-,25+/m0/s1. The van der Waals surface area contributed by atoms with Gasteiger partial charge >= 0.3 is 6.09 Å². The third-order valence-corrected chi connectivity index (χ3v) is 7.59. The Morgan fingerprint density at radius 3 is 2.67 bits per heavy atom. The monoisotopic (exact) mass is 653 g/mol. The second kappa shape index (κ2) is 14.3. The largest absolute Gasteiger partial charge is 0.453 e. The first-order valence-corrected chi connectivity index (χ1v) is 14.6. The van der Waals surface area contributed by atoms with Crippen LogP contribution in [0.15, 0.2) is 54.9 Å². The molecule has 45 heavy (non-hydrogen) atoms. The van der Waals surface area contributed by atoms with Gasteiger partial charge in [-0.2, -0.15) is 4.68 Å². The molecule has 1 aliphatic heterocycles. The van der Waals surface area contributed by atoms with Crippen LogP contribution in [0.2, 0.25) is 10.2 Å². The number of likely N-dealkylation sites (tertiary alicyclic amines) is 1. The van der Waals surface area contributed by atoms with Crippen LogP contribution in [0.5, 0.6) is 0 Å². The number of amides is 3. The molecule has 2 aromatic carbocycles. The van der Waals surface area contributed by atoms with Crippen molar-refractivity contribution in [2.24, 2.45) is 0 Å². The second-order valence-corrected chi connectivity index (χ2v) is 10.8. The number of tetrazole rings is 1. The van der Waals surface area contributed by atoms with Gasteiger partial charge in [0.1, 0.15) is 29.2 Å². The van der Waals surface area contributed by atoms with E-state index < -0.39 is 18.0 Å². The Bertz CT molecular complexity index is 1690. The third kappa shape index (κ3) is 7.66. The van der Waals surface area contributed by atoms with Crippen LogP contribution in [0.1, 0.15) is 36.7 Å². The third-order valence-electron chi connectivity index (χ3n) is 7.08. The summed E-state index contributed by atoms with van der Waals surface area (Å²) in [7, 11) is 2.83. The number of aromatic amines is 1. The maximum absolute atomic E-state index is 13.4. The number of carbonyl (C=O) groups excluding carboxylic acids is 3. The van der Waals surface area contributed by atoms with Gasteiger partial charge in [0, 0.05) is 41.6 Å². The van der Waals surface area contributed by atoms with Gasteiger partial charge in [-0.05, 0) is 59.7 Å². The highest BCUT2D eigenvalue weighted by atomic mass is 35.5. The topological polar surface area (TPSA) is 169 Å². The van der Waals surface area contributed by atoms with E-state index in [0.717, 1.165) is 12.8 Å². The molecule has 3 amide bonds.